The predicted molar refractivity (Wildman–Crippen MR) is 81.3 cm³/mol. The van der Waals surface area contributed by atoms with Crippen LogP contribution >= 0.6 is 11.6 Å². The molecule has 0 bridgehead atoms. The molecular weight excluding hydrogens is 293 g/mol. The molecule has 0 saturated carbocycles. The molecule has 1 atom stereocenters. The monoisotopic (exact) mass is 307 g/mol. The SMILES string of the molecule is Cc1ccc(Cl)c(OC(C)C(=O)Nc2ccc(F)cc2)c1. The third-order valence-corrected chi connectivity index (χ3v) is 3.18. The first-order chi connectivity index (χ1) is 9.95. The van der Waals surface area contributed by atoms with Crippen LogP contribution < -0.4 is 10.1 Å². The molecule has 0 aliphatic rings. The van der Waals surface area contributed by atoms with Gasteiger partial charge in [-0.05, 0) is 55.8 Å². The Balaban J connectivity index is 2.02. The van der Waals surface area contributed by atoms with E-state index in [-0.39, 0.29) is 11.7 Å². The normalized spacial score (nSPS) is 11.8. The molecule has 0 radical (unpaired) electrons. The molecule has 0 heterocycles. The Kier molecular flexibility index (Phi) is 4.81. The minimum absolute atomic E-state index is 0.334. The van der Waals surface area contributed by atoms with Crippen LogP contribution in [0.2, 0.25) is 5.02 Å². The Morgan fingerprint density at radius 1 is 1.24 bits per heavy atom. The van der Waals surface area contributed by atoms with Crippen LogP contribution in [0.4, 0.5) is 10.1 Å². The maximum atomic E-state index is 12.8. The summed E-state index contributed by atoms with van der Waals surface area (Å²) in [7, 11) is 0. The van der Waals surface area contributed by atoms with Gasteiger partial charge >= 0.3 is 0 Å². The maximum Gasteiger partial charge on any atom is 0.265 e. The largest absolute Gasteiger partial charge is 0.479 e. The van der Waals surface area contributed by atoms with Gasteiger partial charge in [-0.3, -0.25) is 4.79 Å². The van der Waals surface area contributed by atoms with Crippen LogP contribution in [-0.4, -0.2) is 12.0 Å². The molecule has 2 rings (SSSR count). The smallest absolute Gasteiger partial charge is 0.265 e. The van der Waals surface area contributed by atoms with Gasteiger partial charge < -0.3 is 10.1 Å². The van der Waals surface area contributed by atoms with Gasteiger partial charge in [0.05, 0.1) is 5.02 Å². The zero-order valence-electron chi connectivity index (χ0n) is 11.7. The maximum absolute atomic E-state index is 12.8. The van der Waals surface area contributed by atoms with Crippen molar-refractivity contribution in [2.45, 2.75) is 20.0 Å². The summed E-state index contributed by atoms with van der Waals surface area (Å²) in [5.41, 5.74) is 1.49. The summed E-state index contributed by atoms with van der Waals surface area (Å²) in [6.07, 6.45) is -0.727. The predicted octanol–water partition coefficient (Wildman–Crippen LogP) is 4.19. The van der Waals surface area contributed by atoms with Crippen molar-refractivity contribution in [1.29, 1.82) is 0 Å². The molecule has 0 spiro atoms. The summed E-state index contributed by atoms with van der Waals surface area (Å²) in [4.78, 5) is 12.0. The molecular formula is C16H15ClFNO2. The minimum atomic E-state index is -0.727. The van der Waals surface area contributed by atoms with Crippen molar-refractivity contribution in [2.24, 2.45) is 0 Å². The van der Waals surface area contributed by atoms with E-state index in [9.17, 15) is 9.18 Å². The van der Waals surface area contributed by atoms with Gasteiger partial charge in [0.25, 0.3) is 5.91 Å². The Morgan fingerprint density at radius 2 is 1.90 bits per heavy atom. The Hall–Kier alpha value is -2.07. The molecule has 21 heavy (non-hydrogen) atoms. The van der Waals surface area contributed by atoms with E-state index in [1.807, 2.05) is 13.0 Å². The number of hydrogen-bond acceptors (Lipinski definition) is 2. The van der Waals surface area contributed by atoms with E-state index in [2.05, 4.69) is 5.32 Å². The number of carbonyl (C=O) groups excluding carboxylic acids is 1. The number of rotatable bonds is 4. The lowest BCUT2D eigenvalue weighted by atomic mass is 10.2. The lowest BCUT2D eigenvalue weighted by molar-refractivity contribution is -0.122. The molecule has 0 aliphatic carbocycles. The highest BCUT2D eigenvalue weighted by molar-refractivity contribution is 6.32. The summed E-state index contributed by atoms with van der Waals surface area (Å²) in [5, 5.41) is 3.10. The molecule has 3 nitrogen and oxygen atoms in total. The molecule has 0 saturated heterocycles. The van der Waals surface area contributed by atoms with Crippen LogP contribution in [0.3, 0.4) is 0 Å². The molecule has 110 valence electrons. The highest BCUT2D eigenvalue weighted by Gasteiger charge is 2.16. The first-order valence-electron chi connectivity index (χ1n) is 6.45. The number of benzene rings is 2. The number of hydrogen-bond donors (Lipinski definition) is 1. The van der Waals surface area contributed by atoms with Crippen LogP contribution in [0, 0.1) is 12.7 Å². The van der Waals surface area contributed by atoms with Crippen molar-refractivity contribution in [3.8, 4) is 5.75 Å². The van der Waals surface area contributed by atoms with Crippen LogP contribution in [0.25, 0.3) is 0 Å². The fourth-order valence-electron chi connectivity index (χ4n) is 1.72. The van der Waals surface area contributed by atoms with Crippen molar-refractivity contribution < 1.29 is 13.9 Å². The number of ether oxygens (including phenoxy) is 1. The van der Waals surface area contributed by atoms with Crippen LogP contribution in [-0.2, 0) is 4.79 Å². The number of nitrogens with one attached hydrogen (secondary N) is 1. The van der Waals surface area contributed by atoms with E-state index in [0.717, 1.165) is 5.56 Å². The molecule has 0 aromatic heterocycles. The summed E-state index contributed by atoms with van der Waals surface area (Å²) in [5.74, 6) is -0.235. The number of aryl methyl sites for hydroxylation is 1. The minimum Gasteiger partial charge on any atom is -0.479 e. The molecule has 1 amide bonds. The van der Waals surface area contributed by atoms with Crippen LogP contribution in [0.15, 0.2) is 42.5 Å². The first-order valence-corrected chi connectivity index (χ1v) is 6.83. The second kappa shape index (κ2) is 6.59. The highest BCUT2D eigenvalue weighted by atomic mass is 35.5. The average Bonchev–Trinajstić information content (AvgIpc) is 2.45. The van der Waals surface area contributed by atoms with Gasteiger partial charge in [0, 0.05) is 5.69 Å². The third-order valence-electron chi connectivity index (χ3n) is 2.87. The highest BCUT2D eigenvalue weighted by Crippen LogP contribution is 2.26. The fraction of sp³-hybridized carbons (Fsp3) is 0.188. The third kappa shape index (κ3) is 4.20. The summed E-state index contributed by atoms with van der Waals surface area (Å²) in [6.45, 7) is 3.53. The van der Waals surface area contributed by atoms with E-state index in [1.54, 1.807) is 19.1 Å². The van der Waals surface area contributed by atoms with Crippen molar-refractivity contribution >= 4 is 23.2 Å². The number of anilines is 1. The number of halogens is 2. The molecule has 2 aromatic rings. The molecule has 5 heteroatoms. The second-order valence-corrected chi connectivity index (χ2v) is 5.10. The standard InChI is InChI=1S/C16H15ClFNO2/c1-10-3-8-14(17)15(9-10)21-11(2)16(20)19-13-6-4-12(18)5-7-13/h3-9,11H,1-2H3,(H,19,20). The quantitative estimate of drug-likeness (QED) is 0.919. The van der Waals surface area contributed by atoms with Gasteiger partial charge in [-0.15, -0.1) is 0 Å². The zero-order chi connectivity index (χ0) is 15.4. The van der Waals surface area contributed by atoms with Gasteiger partial charge in [0.1, 0.15) is 11.6 Å². The summed E-state index contributed by atoms with van der Waals surface area (Å²) < 4.78 is 18.4. The summed E-state index contributed by atoms with van der Waals surface area (Å²) >= 11 is 6.02. The zero-order valence-corrected chi connectivity index (χ0v) is 12.4. The first kappa shape index (κ1) is 15.3. The summed E-state index contributed by atoms with van der Waals surface area (Å²) in [6, 6.07) is 10.9. The van der Waals surface area contributed by atoms with Gasteiger partial charge in [-0.1, -0.05) is 17.7 Å². The second-order valence-electron chi connectivity index (χ2n) is 4.69. The van der Waals surface area contributed by atoms with E-state index < -0.39 is 6.10 Å². The van der Waals surface area contributed by atoms with Gasteiger partial charge in [0.2, 0.25) is 0 Å². The molecule has 0 aliphatic heterocycles. The van der Waals surface area contributed by atoms with E-state index >= 15 is 0 Å². The fourth-order valence-corrected chi connectivity index (χ4v) is 1.88. The van der Waals surface area contributed by atoms with Crippen molar-refractivity contribution in [3.63, 3.8) is 0 Å². The van der Waals surface area contributed by atoms with Gasteiger partial charge in [0.15, 0.2) is 6.10 Å². The van der Waals surface area contributed by atoms with Gasteiger partial charge in [-0.25, -0.2) is 4.39 Å². The lowest BCUT2D eigenvalue weighted by Gasteiger charge is -2.16. The molecule has 0 fully saturated rings. The van der Waals surface area contributed by atoms with Gasteiger partial charge in [-0.2, -0.15) is 0 Å². The topological polar surface area (TPSA) is 38.3 Å². The van der Waals surface area contributed by atoms with E-state index in [0.29, 0.717) is 16.5 Å². The Morgan fingerprint density at radius 3 is 2.57 bits per heavy atom. The van der Waals surface area contributed by atoms with Crippen molar-refractivity contribution in [3.05, 3.63) is 58.9 Å². The average molecular weight is 308 g/mol. The molecule has 1 unspecified atom stereocenters. The molecule has 1 N–H and O–H groups in total. The van der Waals surface area contributed by atoms with E-state index in [4.69, 9.17) is 16.3 Å². The van der Waals surface area contributed by atoms with Crippen molar-refractivity contribution in [1.82, 2.24) is 0 Å². The van der Waals surface area contributed by atoms with E-state index in [1.165, 1.54) is 24.3 Å². The number of carbonyl (C=O) groups is 1. The van der Waals surface area contributed by atoms with Crippen molar-refractivity contribution in [2.75, 3.05) is 5.32 Å². The molecule has 2 aromatic carbocycles. The Bertz CT molecular complexity index is 643. The van der Waals surface area contributed by atoms with Crippen LogP contribution in [0.5, 0.6) is 5.75 Å². The Labute approximate surface area is 127 Å². The lowest BCUT2D eigenvalue weighted by Crippen LogP contribution is -2.30. The van der Waals surface area contributed by atoms with Crippen LogP contribution in [0.1, 0.15) is 12.5 Å². The number of amides is 1.